The smallest absolute Gasteiger partial charge is 0.324 e. The summed E-state index contributed by atoms with van der Waals surface area (Å²) in [6, 6.07) is 5.83. The van der Waals surface area contributed by atoms with Crippen molar-refractivity contribution in [2.75, 3.05) is 24.5 Å². The normalized spacial score (nSPS) is 21.2. The van der Waals surface area contributed by atoms with Crippen molar-refractivity contribution in [3.05, 3.63) is 23.8 Å². The van der Waals surface area contributed by atoms with Crippen molar-refractivity contribution in [2.24, 2.45) is 5.92 Å². The molecule has 1 saturated heterocycles. The maximum Gasteiger partial charge on any atom is 0.324 e. The first-order valence-electron chi connectivity index (χ1n) is 8.56. The Kier molecular flexibility index (Phi) is 4.64. The largest absolute Gasteiger partial charge is 0.486 e. The fourth-order valence-corrected chi connectivity index (χ4v) is 3.34. The number of aliphatic carboxylic acids is 1. The number of likely N-dealkylation sites (tertiary alicyclic amines) is 1. The molecular formula is C18H24N2O4. The number of aryl methyl sites for hydroxylation is 1. The van der Waals surface area contributed by atoms with E-state index < -0.39 is 5.97 Å². The lowest BCUT2D eigenvalue weighted by Gasteiger charge is -2.39. The van der Waals surface area contributed by atoms with Gasteiger partial charge in [0.05, 0.1) is 18.2 Å². The molecule has 0 spiro atoms. The molecule has 2 aliphatic rings. The molecule has 0 aromatic heterocycles. The molecule has 130 valence electrons. The van der Waals surface area contributed by atoms with Gasteiger partial charge in [-0.1, -0.05) is 13.0 Å². The SMILES string of the molecule is CC[C@@H]1CN(C(=O)N2CCC(C(=O)O)CC2)c2cc(C)ccc2O1. The molecule has 1 N–H and O–H groups in total. The van der Waals surface area contributed by atoms with Gasteiger partial charge in [-0.2, -0.15) is 0 Å². The third-order valence-corrected chi connectivity index (χ3v) is 4.89. The van der Waals surface area contributed by atoms with Crippen LogP contribution in [0, 0.1) is 12.8 Å². The van der Waals surface area contributed by atoms with Gasteiger partial charge >= 0.3 is 12.0 Å². The van der Waals surface area contributed by atoms with E-state index >= 15 is 0 Å². The van der Waals surface area contributed by atoms with Crippen molar-refractivity contribution < 1.29 is 19.4 Å². The topological polar surface area (TPSA) is 70.1 Å². The lowest BCUT2D eigenvalue weighted by Crippen LogP contribution is -2.51. The highest BCUT2D eigenvalue weighted by molar-refractivity contribution is 5.94. The van der Waals surface area contributed by atoms with E-state index in [1.165, 1.54) is 0 Å². The van der Waals surface area contributed by atoms with Gasteiger partial charge in [0.15, 0.2) is 0 Å². The second kappa shape index (κ2) is 6.71. The van der Waals surface area contributed by atoms with Gasteiger partial charge in [-0.15, -0.1) is 0 Å². The van der Waals surface area contributed by atoms with Crippen molar-refractivity contribution in [2.45, 2.75) is 39.2 Å². The van der Waals surface area contributed by atoms with E-state index in [4.69, 9.17) is 9.84 Å². The van der Waals surface area contributed by atoms with E-state index in [0.717, 1.165) is 23.4 Å². The van der Waals surface area contributed by atoms with Gasteiger partial charge in [0, 0.05) is 13.1 Å². The first-order chi connectivity index (χ1) is 11.5. The zero-order chi connectivity index (χ0) is 17.3. The Hall–Kier alpha value is -2.24. The number of urea groups is 1. The molecule has 24 heavy (non-hydrogen) atoms. The quantitative estimate of drug-likeness (QED) is 0.904. The highest BCUT2D eigenvalue weighted by atomic mass is 16.5. The van der Waals surface area contributed by atoms with E-state index in [0.29, 0.717) is 32.5 Å². The third kappa shape index (κ3) is 3.18. The molecule has 0 radical (unpaired) electrons. The van der Waals surface area contributed by atoms with Crippen LogP contribution in [0.2, 0.25) is 0 Å². The van der Waals surface area contributed by atoms with E-state index in [9.17, 15) is 9.59 Å². The van der Waals surface area contributed by atoms with Gasteiger partial charge < -0.3 is 14.7 Å². The standard InChI is InChI=1S/C18H24N2O4/c1-3-14-11-20(15-10-12(2)4-5-16(15)24-14)18(23)19-8-6-13(7-9-19)17(21)22/h4-5,10,13-14H,3,6-9,11H2,1-2H3,(H,21,22)/t14-/m1/s1. The monoisotopic (exact) mass is 332 g/mol. The molecule has 0 saturated carbocycles. The lowest BCUT2D eigenvalue weighted by atomic mass is 9.97. The van der Waals surface area contributed by atoms with Crippen molar-refractivity contribution in [3.63, 3.8) is 0 Å². The Labute approximate surface area is 142 Å². The summed E-state index contributed by atoms with van der Waals surface area (Å²) in [5, 5.41) is 9.11. The molecule has 1 aromatic rings. The Morgan fingerprint density at radius 2 is 2.00 bits per heavy atom. The van der Waals surface area contributed by atoms with Gasteiger partial charge in [-0.05, 0) is 43.9 Å². The minimum atomic E-state index is -0.763. The number of hydrogen-bond donors (Lipinski definition) is 1. The van der Waals surface area contributed by atoms with Crippen molar-refractivity contribution in [3.8, 4) is 5.75 Å². The van der Waals surface area contributed by atoms with Crippen LogP contribution in [0.4, 0.5) is 10.5 Å². The number of carbonyl (C=O) groups excluding carboxylic acids is 1. The Morgan fingerprint density at radius 1 is 1.29 bits per heavy atom. The van der Waals surface area contributed by atoms with Gasteiger partial charge in [0.25, 0.3) is 0 Å². The van der Waals surface area contributed by atoms with Crippen molar-refractivity contribution in [1.82, 2.24) is 4.90 Å². The molecule has 6 nitrogen and oxygen atoms in total. The van der Waals surface area contributed by atoms with Gasteiger partial charge in [0.2, 0.25) is 0 Å². The molecule has 1 atom stereocenters. The third-order valence-electron chi connectivity index (χ3n) is 4.89. The van der Waals surface area contributed by atoms with Crippen LogP contribution in [0.3, 0.4) is 0 Å². The van der Waals surface area contributed by atoms with Gasteiger partial charge in [-0.25, -0.2) is 4.79 Å². The molecule has 2 amide bonds. The van der Waals surface area contributed by atoms with Crippen molar-refractivity contribution >= 4 is 17.7 Å². The molecule has 0 aliphatic carbocycles. The summed E-state index contributed by atoms with van der Waals surface area (Å²) >= 11 is 0. The first-order valence-corrected chi connectivity index (χ1v) is 8.56. The van der Waals surface area contributed by atoms with Crippen LogP contribution in [-0.4, -0.2) is 47.7 Å². The summed E-state index contributed by atoms with van der Waals surface area (Å²) in [7, 11) is 0. The van der Waals surface area contributed by atoms with Crippen LogP contribution < -0.4 is 9.64 Å². The highest BCUT2D eigenvalue weighted by Gasteiger charge is 2.34. The predicted molar refractivity (Wildman–Crippen MR) is 90.6 cm³/mol. The average molecular weight is 332 g/mol. The number of anilines is 1. The number of carboxylic acids is 1. The number of ether oxygens (including phenoxy) is 1. The summed E-state index contributed by atoms with van der Waals surface area (Å²) in [6.07, 6.45) is 1.85. The number of carbonyl (C=O) groups is 2. The van der Waals surface area contributed by atoms with E-state index in [1.807, 2.05) is 32.0 Å². The Balaban J connectivity index is 1.79. The summed E-state index contributed by atoms with van der Waals surface area (Å²) in [6.45, 7) is 5.55. The molecular weight excluding hydrogens is 308 g/mol. The molecule has 1 fully saturated rings. The fourth-order valence-electron chi connectivity index (χ4n) is 3.34. The minimum Gasteiger partial charge on any atom is -0.486 e. The van der Waals surface area contributed by atoms with Crippen molar-refractivity contribution in [1.29, 1.82) is 0 Å². The number of benzene rings is 1. The molecule has 1 aromatic carbocycles. The second-order valence-corrected chi connectivity index (χ2v) is 6.61. The lowest BCUT2D eigenvalue weighted by molar-refractivity contribution is -0.143. The average Bonchev–Trinajstić information content (AvgIpc) is 2.60. The maximum absolute atomic E-state index is 13.0. The number of amides is 2. The molecule has 0 bridgehead atoms. The van der Waals surface area contributed by atoms with Crippen LogP contribution in [0.1, 0.15) is 31.7 Å². The number of carboxylic acid groups (broad SMARTS) is 1. The van der Waals surface area contributed by atoms with Crippen LogP contribution >= 0.6 is 0 Å². The maximum atomic E-state index is 13.0. The van der Waals surface area contributed by atoms with Crippen LogP contribution in [0.25, 0.3) is 0 Å². The van der Waals surface area contributed by atoms with Crippen LogP contribution in [0.15, 0.2) is 18.2 Å². The molecule has 0 unspecified atom stereocenters. The number of nitrogens with zero attached hydrogens (tertiary/aromatic N) is 2. The molecule has 2 aliphatic heterocycles. The van der Waals surface area contributed by atoms with E-state index in [-0.39, 0.29) is 18.1 Å². The van der Waals surface area contributed by atoms with Gasteiger partial charge in [-0.3, -0.25) is 9.69 Å². The van der Waals surface area contributed by atoms with E-state index in [2.05, 4.69) is 0 Å². The number of piperidine rings is 1. The summed E-state index contributed by atoms with van der Waals surface area (Å²) in [5.74, 6) is -0.357. The Bertz CT molecular complexity index is 638. The summed E-state index contributed by atoms with van der Waals surface area (Å²) in [5.41, 5.74) is 1.89. The number of rotatable bonds is 2. The second-order valence-electron chi connectivity index (χ2n) is 6.61. The first kappa shape index (κ1) is 16.6. The number of hydrogen-bond acceptors (Lipinski definition) is 3. The molecule has 3 rings (SSSR count). The highest BCUT2D eigenvalue weighted by Crippen LogP contribution is 2.36. The predicted octanol–water partition coefficient (Wildman–Crippen LogP) is 2.89. The number of fused-ring (bicyclic) bond motifs is 1. The van der Waals surface area contributed by atoms with Crippen LogP contribution in [-0.2, 0) is 4.79 Å². The van der Waals surface area contributed by atoms with Crippen LogP contribution in [0.5, 0.6) is 5.75 Å². The molecule has 2 heterocycles. The zero-order valence-electron chi connectivity index (χ0n) is 14.2. The van der Waals surface area contributed by atoms with E-state index in [1.54, 1.807) is 9.80 Å². The molecule has 6 heteroatoms. The fraction of sp³-hybridized carbons (Fsp3) is 0.556. The zero-order valence-corrected chi connectivity index (χ0v) is 14.2. The van der Waals surface area contributed by atoms with Gasteiger partial charge in [0.1, 0.15) is 11.9 Å². The minimum absolute atomic E-state index is 0.0132. The summed E-state index contributed by atoms with van der Waals surface area (Å²) in [4.78, 5) is 27.7. The summed E-state index contributed by atoms with van der Waals surface area (Å²) < 4.78 is 5.96. The Morgan fingerprint density at radius 3 is 2.62 bits per heavy atom.